The van der Waals surface area contributed by atoms with Gasteiger partial charge in [-0.05, 0) is 12.8 Å². The average molecular weight is 303 g/mol. The van der Waals surface area contributed by atoms with Crippen LogP contribution >= 0.6 is 34.8 Å². The van der Waals surface area contributed by atoms with Crippen molar-refractivity contribution in [2.75, 3.05) is 13.2 Å². The number of unbranched alkanes of at least 4 members (excludes halogenated alkanes) is 2. The summed E-state index contributed by atoms with van der Waals surface area (Å²) in [5.41, 5.74) is 0. The standard InChI is InChI=1S/C10H21BO2.CHCl3/c1-4-7-9-12-11(6-3)13-10-8-5-2;2-1(3)4/h6H,3-5,7-10H2,1-2H3;1H. The molecule has 0 saturated carbocycles. The molecule has 0 aliphatic heterocycles. The van der Waals surface area contributed by atoms with Gasteiger partial charge in [-0.3, -0.25) is 0 Å². The van der Waals surface area contributed by atoms with E-state index < -0.39 is 4.30 Å². The Bertz CT molecular complexity index is 147. The Kier molecular flexibility index (Phi) is 19.4. The van der Waals surface area contributed by atoms with Gasteiger partial charge in [-0.25, -0.2) is 0 Å². The van der Waals surface area contributed by atoms with E-state index >= 15 is 0 Å². The summed E-state index contributed by atoms with van der Waals surface area (Å²) in [6, 6.07) is 0. The van der Waals surface area contributed by atoms with Gasteiger partial charge in [0, 0.05) is 13.2 Å². The van der Waals surface area contributed by atoms with Gasteiger partial charge in [0.25, 0.3) is 0 Å². The second-order valence-corrected chi connectivity index (χ2v) is 5.28. The molecule has 6 heteroatoms. The number of rotatable bonds is 9. The zero-order valence-corrected chi connectivity index (χ0v) is 12.9. The minimum Gasteiger partial charge on any atom is -0.408 e. The Labute approximate surface area is 121 Å². The van der Waals surface area contributed by atoms with Gasteiger partial charge in [-0.15, -0.1) is 6.58 Å². The number of halogens is 3. The molecule has 0 aliphatic rings. The summed E-state index contributed by atoms with van der Waals surface area (Å²) in [7, 11) is -0.210. The molecular formula is C11H22BCl3O2. The molecule has 102 valence electrons. The third-order valence-corrected chi connectivity index (χ3v) is 1.75. The molecule has 0 rings (SSSR count). The summed E-state index contributed by atoms with van der Waals surface area (Å²) in [6.07, 6.45) is 4.47. The quantitative estimate of drug-likeness (QED) is 0.345. The molecule has 0 aromatic carbocycles. The van der Waals surface area contributed by atoms with Gasteiger partial charge in [0.2, 0.25) is 0 Å². The van der Waals surface area contributed by atoms with E-state index in [1.807, 2.05) is 0 Å². The van der Waals surface area contributed by atoms with Crippen LogP contribution in [0.3, 0.4) is 0 Å². The number of hydrogen-bond acceptors (Lipinski definition) is 2. The van der Waals surface area contributed by atoms with Crippen LogP contribution in [0.4, 0.5) is 0 Å². The Morgan fingerprint density at radius 1 is 1.06 bits per heavy atom. The molecule has 0 radical (unpaired) electrons. The average Bonchev–Trinajstić information content (AvgIpc) is 2.27. The second-order valence-electron chi connectivity index (χ2n) is 3.30. The lowest BCUT2D eigenvalue weighted by Crippen LogP contribution is -2.21. The summed E-state index contributed by atoms with van der Waals surface area (Å²) in [5.74, 6) is 1.71. The van der Waals surface area contributed by atoms with Crippen molar-refractivity contribution in [3.8, 4) is 0 Å². The first kappa shape index (κ1) is 19.9. The molecule has 0 saturated heterocycles. The minimum atomic E-state index is -0.750. The summed E-state index contributed by atoms with van der Waals surface area (Å²) in [4.78, 5) is 0. The minimum absolute atomic E-state index is 0.210. The highest BCUT2D eigenvalue weighted by molar-refractivity contribution is 6.63. The molecule has 0 heterocycles. The predicted molar refractivity (Wildman–Crippen MR) is 79.0 cm³/mol. The van der Waals surface area contributed by atoms with Crippen LogP contribution in [0, 0.1) is 0 Å². The SMILES string of the molecule is C=CB(OCCCC)OCCCC.ClC(Cl)Cl. The topological polar surface area (TPSA) is 18.5 Å². The van der Waals surface area contributed by atoms with Crippen molar-refractivity contribution in [3.63, 3.8) is 0 Å². The van der Waals surface area contributed by atoms with Crippen molar-refractivity contribution in [1.82, 2.24) is 0 Å². The highest BCUT2D eigenvalue weighted by atomic mass is 35.6. The number of alkyl halides is 3. The Morgan fingerprint density at radius 2 is 1.41 bits per heavy atom. The van der Waals surface area contributed by atoms with Crippen molar-refractivity contribution >= 4 is 41.9 Å². The van der Waals surface area contributed by atoms with E-state index in [9.17, 15) is 0 Å². The van der Waals surface area contributed by atoms with Gasteiger partial charge in [-0.2, -0.15) is 0 Å². The molecule has 0 aromatic rings. The molecule has 0 unspecified atom stereocenters. The van der Waals surface area contributed by atoms with Gasteiger partial charge in [0.1, 0.15) is 0 Å². The normalized spacial score (nSPS) is 9.76. The lowest BCUT2D eigenvalue weighted by Gasteiger charge is -2.10. The lowest BCUT2D eigenvalue weighted by atomic mass is 9.91. The molecule has 0 fully saturated rings. The second kappa shape index (κ2) is 16.6. The van der Waals surface area contributed by atoms with Crippen LogP contribution < -0.4 is 0 Å². The zero-order valence-electron chi connectivity index (χ0n) is 10.6. The highest BCUT2D eigenvalue weighted by Crippen LogP contribution is 2.03. The van der Waals surface area contributed by atoms with Crippen LogP contribution in [0.1, 0.15) is 39.5 Å². The maximum Gasteiger partial charge on any atom is 0.485 e. The van der Waals surface area contributed by atoms with Crippen molar-refractivity contribution in [1.29, 1.82) is 0 Å². The zero-order chi connectivity index (χ0) is 13.5. The maximum absolute atomic E-state index is 5.44. The van der Waals surface area contributed by atoms with E-state index in [1.165, 1.54) is 0 Å². The largest absolute Gasteiger partial charge is 0.485 e. The van der Waals surface area contributed by atoms with Crippen LogP contribution in [0.25, 0.3) is 0 Å². The maximum atomic E-state index is 5.44. The predicted octanol–water partition coefficient (Wildman–Crippen LogP) is 4.82. The summed E-state index contributed by atoms with van der Waals surface area (Å²) in [5, 5.41) is 0. The van der Waals surface area contributed by atoms with Crippen LogP contribution in [-0.4, -0.2) is 24.6 Å². The molecule has 0 aliphatic carbocycles. The lowest BCUT2D eigenvalue weighted by molar-refractivity contribution is 0.201. The smallest absolute Gasteiger partial charge is 0.408 e. The highest BCUT2D eigenvalue weighted by Gasteiger charge is 2.11. The van der Waals surface area contributed by atoms with E-state index in [0.717, 1.165) is 38.9 Å². The van der Waals surface area contributed by atoms with Gasteiger partial charge in [0.15, 0.2) is 4.30 Å². The molecule has 0 atom stereocenters. The molecule has 2 nitrogen and oxygen atoms in total. The molecule has 0 N–H and O–H groups in total. The summed E-state index contributed by atoms with van der Waals surface area (Å²) < 4.78 is 10.1. The van der Waals surface area contributed by atoms with E-state index in [4.69, 9.17) is 44.1 Å². The monoisotopic (exact) mass is 302 g/mol. The molecule has 0 amide bonds. The van der Waals surface area contributed by atoms with Crippen LogP contribution in [-0.2, 0) is 9.31 Å². The molecule has 17 heavy (non-hydrogen) atoms. The van der Waals surface area contributed by atoms with Crippen LogP contribution in [0.5, 0.6) is 0 Å². The van der Waals surface area contributed by atoms with E-state index in [1.54, 1.807) is 5.98 Å². The van der Waals surface area contributed by atoms with Crippen LogP contribution in [0.2, 0.25) is 0 Å². The third-order valence-electron chi connectivity index (χ3n) is 1.75. The van der Waals surface area contributed by atoms with Crippen molar-refractivity contribution in [2.45, 2.75) is 43.8 Å². The summed E-state index contributed by atoms with van der Waals surface area (Å²) >= 11 is 14.4. The van der Waals surface area contributed by atoms with E-state index in [0.29, 0.717) is 0 Å². The first-order valence-electron chi connectivity index (χ1n) is 5.86. The van der Waals surface area contributed by atoms with Gasteiger partial charge >= 0.3 is 7.12 Å². The van der Waals surface area contributed by atoms with E-state index in [-0.39, 0.29) is 7.12 Å². The Hall–Kier alpha value is 0.595. The fraction of sp³-hybridized carbons (Fsp3) is 0.818. The Balaban J connectivity index is 0. The van der Waals surface area contributed by atoms with Crippen molar-refractivity contribution in [3.05, 3.63) is 12.6 Å². The molecule has 0 spiro atoms. The third kappa shape index (κ3) is 22.3. The van der Waals surface area contributed by atoms with Crippen molar-refractivity contribution < 1.29 is 9.31 Å². The molecule has 0 bridgehead atoms. The first-order valence-corrected chi connectivity index (χ1v) is 7.17. The van der Waals surface area contributed by atoms with E-state index in [2.05, 4.69) is 20.4 Å². The van der Waals surface area contributed by atoms with Crippen LogP contribution in [0.15, 0.2) is 12.6 Å². The van der Waals surface area contributed by atoms with Crippen molar-refractivity contribution in [2.24, 2.45) is 0 Å². The Morgan fingerprint density at radius 3 is 1.65 bits per heavy atom. The van der Waals surface area contributed by atoms with Gasteiger partial charge < -0.3 is 9.31 Å². The first-order chi connectivity index (χ1) is 8.08. The molecule has 0 aromatic heterocycles. The van der Waals surface area contributed by atoms with Gasteiger partial charge in [0.05, 0.1) is 0 Å². The fourth-order valence-corrected chi connectivity index (χ4v) is 0.872. The van der Waals surface area contributed by atoms with Gasteiger partial charge in [-0.1, -0.05) is 67.5 Å². The number of hydrogen-bond donors (Lipinski definition) is 0. The summed E-state index contributed by atoms with van der Waals surface area (Å²) in [6.45, 7) is 9.48. The fourth-order valence-electron chi connectivity index (χ4n) is 0.872. The molecular weight excluding hydrogens is 281 g/mol.